The molecule has 0 aromatic carbocycles. The molecule has 3 saturated carbocycles. The minimum atomic E-state index is -1.51. The molecule has 5 rings (SSSR count). The van der Waals surface area contributed by atoms with Crippen LogP contribution in [-0.2, 0) is 37.3 Å². The van der Waals surface area contributed by atoms with Crippen LogP contribution in [0.15, 0.2) is 11.8 Å². The summed E-state index contributed by atoms with van der Waals surface area (Å²) in [5.74, 6) is -1.97. The zero-order valence-electron chi connectivity index (χ0n) is 23.8. The number of Topliss-reactive ketones (excluding diaryl/α,β-unsaturated/α-hetero) is 1. The molecule has 0 bridgehead atoms. The first-order valence-corrected chi connectivity index (χ1v) is 14.7. The number of nitrogens with zero attached hydrogens (tertiary/aromatic N) is 2. The van der Waals surface area contributed by atoms with E-state index in [4.69, 9.17) is 21.1 Å². The molecule has 0 amide bonds. The van der Waals surface area contributed by atoms with Crippen LogP contribution in [0.5, 0.6) is 0 Å². The van der Waals surface area contributed by atoms with Gasteiger partial charge < -0.3 is 14.6 Å². The highest BCUT2D eigenvalue weighted by molar-refractivity contribution is 6.21. The number of alkyl halides is 1. The molecule has 9 heteroatoms. The molecule has 9 atom stereocenters. The van der Waals surface area contributed by atoms with Crippen molar-refractivity contribution in [1.82, 2.24) is 9.78 Å². The second kappa shape index (κ2) is 9.72. The maximum atomic E-state index is 14.0. The van der Waals surface area contributed by atoms with E-state index in [0.29, 0.717) is 19.3 Å². The number of esters is 2. The number of ether oxygens (including phenoxy) is 2. The first-order valence-electron chi connectivity index (χ1n) is 14.3. The van der Waals surface area contributed by atoms with Gasteiger partial charge in [-0.1, -0.05) is 40.2 Å². The number of aliphatic hydroxyl groups is 1. The Labute approximate surface area is 235 Å². The summed E-state index contributed by atoms with van der Waals surface area (Å²) in [7, 11) is 1.92. The minimum Gasteiger partial charge on any atom is -0.457 e. The molecule has 4 aliphatic rings. The minimum absolute atomic E-state index is 0.0625. The highest BCUT2D eigenvalue weighted by Crippen LogP contribution is 2.70. The highest BCUT2D eigenvalue weighted by Gasteiger charge is 2.74. The van der Waals surface area contributed by atoms with Crippen molar-refractivity contribution in [1.29, 1.82) is 0 Å². The van der Waals surface area contributed by atoms with Crippen LogP contribution < -0.4 is 0 Å². The lowest BCUT2D eigenvalue weighted by atomic mass is 9.45. The van der Waals surface area contributed by atoms with Gasteiger partial charge >= 0.3 is 11.9 Å². The molecule has 1 N–H and O–H groups in total. The lowest BCUT2D eigenvalue weighted by Gasteiger charge is -2.61. The van der Waals surface area contributed by atoms with Gasteiger partial charge in [0.15, 0.2) is 12.2 Å². The van der Waals surface area contributed by atoms with E-state index < -0.39 is 41.4 Å². The van der Waals surface area contributed by atoms with E-state index in [1.54, 1.807) is 13.8 Å². The number of allylic oxidation sites excluding steroid dienone is 1. The molecular formula is C30H41ClN2O6. The predicted molar refractivity (Wildman–Crippen MR) is 146 cm³/mol. The van der Waals surface area contributed by atoms with E-state index in [2.05, 4.69) is 24.3 Å². The molecule has 0 unspecified atom stereocenters. The van der Waals surface area contributed by atoms with Crippen LogP contribution in [0.3, 0.4) is 0 Å². The summed E-state index contributed by atoms with van der Waals surface area (Å²) in [6.45, 7) is 9.05. The van der Waals surface area contributed by atoms with E-state index in [1.165, 1.54) is 5.57 Å². The Hall–Kier alpha value is -2.19. The van der Waals surface area contributed by atoms with Crippen molar-refractivity contribution in [2.45, 2.75) is 90.2 Å². The molecule has 4 aliphatic carbocycles. The highest BCUT2D eigenvalue weighted by atomic mass is 35.5. The molecule has 1 aromatic rings. The Morgan fingerprint density at radius 3 is 2.56 bits per heavy atom. The Morgan fingerprint density at radius 1 is 1.21 bits per heavy atom. The number of rotatable bonds is 6. The van der Waals surface area contributed by atoms with Crippen molar-refractivity contribution in [2.75, 3.05) is 6.61 Å². The molecule has 0 saturated heterocycles. The predicted octanol–water partition coefficient (Wildman–Crippen LogP) is 4.25. The number of hydrogen-bond donors (Lipinski definition) is 1. The van der Waals surface area contributed by atoms with Crippen LogP contribution in [0.4, 0.5) is 0 Å². The summed E-state index contributed by atoms with van der Waals surface area (Å²) in [6.07, 6.45) is 6.07. The van der Waals surface area contributed by atoms with Crippen molar-refractivity contribution in [2.24, 2.45) is 41.5 Å². The number of carbonyl (C=O) groups excluding carboxylic acids is 3. The van der Waals surface area contributed by atoms with E-state index in [0.717, 1.165) is 17.7 Å². The molecule has 0 spiro atoms. The van der Waals surface area contributed by atoms with E-state index in [9.17, 15) is 19.5 Å². The fourth-order valence-corrected chi connectivity index (χ4v) is 9.52. The van der Waals surface area contributed by atoms with Gasteiger partial charge in [0.2, 0.25) is 5.78 Å². The van der Waals surface area contributed by atoms with Gasteiger partial charge in [0.05, 0.1) is 11.8 Å². The smallest absolute Gasteiger partial charge is 0.306 e. The van der Waals surface area contributed by atoms with Crippen molar-refractivity contribution in [3.05, 3.63) is 23.0 Å². The molecule has 1 aromatic heterocycles. The third-order valence-electron chi connectivity index (χ3n) is 10.6. The van der Waals surface area contributed by atoms with Crippen LogP contribution in [0.25, 0.3) is 6.08 Å². The Bertz CT molecular complexity index is 1230. The molecule has 214 valence electrons. The summed E-state index contributed by atoms with van der Waals surface area (Å²) in [6, 6.07) is 0. The van der Waals surface area contributed by atoms with Crippen LogP contribution in [0, 0.1) is 34.5 Å². The second-order valence-corrected chi connectivity index (χ2v) is 13.3. The molecule has 39 heavy (non-hydrogen) atoms. The molecule has 0 radical (unpaired) electrons. The summed E-state index contributed by atoms with van der Waals surface area (Å²) >= 11 is 7.23. The van der Waals surface area contributed by atoms with Crippen LogP contribution in [-0.4, -0.2) is 56.3 Å². The zero-order chi connectivity index (χ0) is 28.5. The number of aliphatic hydroxyl groups excluding tert-OH is 1. The van der Waals surface area contributed by atoms with E-state index >= 15 is 0 Å². The lowest BCUT2D eigenvalue weighted by molar-refractivity contribution is -0.207. The van der Waals surface area contributed by atoms with Crippen LogP contribution >= 0.6 is 11.6 Å². The van der Waals surface area contributed by atoms with Crippen molar-refractivity contribution in [3.8, 4) is 0 Å². The van der Waals surface area contributed by atoms with Crippen molar-refractivity contribution in [3.63, 3.8) is 0 Å². The van der Waals surface area contributed by atoms with Gasteiger partial charge in [-0.15, -0.1) is 11.6 Å². The number of carbonyl (C=O) groups is 3. The van der Waals surface area contributed by atoms with Gasteiger partial charge in [0.25, 0.3) is 0 Å². The summed E-state index contributed by atoms with van der Waals surface area (Å²) in [5, 5.41) is 16.4. The largest absolute Gasteiger partial charge is 0.457 e. The maximum Gasteiger partial charge on any atom is 0.306 e. The standard InChI is InChI=1S/C30H41ClN2O6/c1-7-24(36)38-15-23(35)30(39-25(37)8-2)16(3)9-19-26-20(31)10-18-11-21-17(14-33(6)32-21)12-28(18,4)27(26)22(34)13-29(19,30)5/h11,14,16,19-20,22,26-27,34H,7-10,12-13,15H2,1-6H3/t16-,19+,20-,22+,26-,27+,28+,29+,30-/m1/s1. The number of hydrogen-bond acceptors (Lipinski definition) is 7. The van der Waals surface area contributed by atoms with E-state index in [1.807, 2.05) is 25.6 Å². The van der Waals surface area contributed by atoms with Gasteiger partial charge in [-0.3, -0.25) is 19.1 Å². The van der Waals surface area contributed by atoms with Crippen LogP contribution in [0.2, 0.25) is 0 Å². The Kier molecular flexibility index (Phi) is 7.06. The second-order valence-electron chi connectivity index (χ2n) is 12.7. The van der Waals surface area contributed by atoms with Crippen molar-refractivity contribution >= 4 is 35.4 Å². The number of ketones is 1. The monoisotopic (exact) mass is 560 g/mol. The Balaban J connectivity index is 1.57. The number of fused-ring (bicyclic) bond motifs is 6. The number of halogens is 1. The first kappa shape index (κ1) is 28.3. The van der Waals surface area contributed by atoms with Gasteiger partial charge in [0, 0.05) is 42.8 Å². The normalized spacial score (nSPS) is 40.5. The topological polar surface area (TPSA) is 108 Å². The van der Waals surface area contributed by atoms with Gasteiger partial charge in [-0.2, -0.15) is 5.10 Å². The van der Waals surface area contributed by atoms with Gasteiger partial charge in [-0.05, 0) is 60.5 Å². The quantitative estimate of drug-likeness (QED) is 0.409. The Morgan fingerprint density at radius 2 is 1.90 bits per heavy atom. The number of aryl methyl sites for hydroxylation is 1. The molecule has 1 heterocycles. The zero-order valence-corrected chi connectivity index (χ0v) is 24.6. The number of aromatic nitrogens is 2. The summed E-state index contributed by atoms with van der Waals surface area (Å²) in [4.78, 5) is 38.8. The molecule has 0 aliphatic heterocycles. The SMILES string of the molecule is CCC(=O)OCC(=O)[C@]1(OC(=O)CC)[C@H](C)C[C@H]2[C@H]3[C@H]([C@@H](O)C[C@@]21C)[C@@]1(C)Cc2cn(C)nc2C=C1C[C@H]3Cl. The first-order chi connectivity index (χ1) is 18.3. The third-order valence-corrected chi connectivity index (χ3v) is 11.1. The fourth-order valence-electron chi connectivity index (χ4n) is 9.02. The lowest BCUT2D eigenvalue weighted by Crippen LogP contribution is -2.66. The van der Waals surface area contributed by atoms with Crippen LogP contribution in [0.1, 0.15) is 78.0 Å². The summed E-state index contributed by atoms with van der Waals surface area (Å²) < 4.78 is 13.3. The van der Waals surface area contributed by atoms with Gasteiger partial charge in [0.1, 0.15) is 0 Å². The molecule has 8 nitrogen and oxygen atoms in total. The average Bonchev–Trinajstić information content (AvgIpc) is 3.33. The molecule has 3 fully saturated rings. The van der Waals surface area contributed by atoms with E-state index in [-0.39, 0.29) is 47.3 Å². The fraction of sp³-hybridized carbons (Fsp3) is 0.733. The third kappa shape index (κ3) is 4.03. The van der Waals surface area contributed by atoms with Crippen molar-refractivity contribution < 1.29 is 29.0 Å². The average molecular weight is 561 g/mol. The summed E-state index contributed by atoms with van der Waals surface area (Å²) in [5.41, 5.74) is 0.662. The van der Waals surface area contributed by atoms with Gasteiger partial charge in [-0.25, -0.2) is 0 Å². The maximum absolute atomic E-state index is 14.0. The molecular weight excluding hydrogens is 520 g/mol.